The molecule has 3 atom stereocenters. The van der Waals surface area contributed by atoms with Crippen molar-refractivity contribution in [3.05, 3.63) is 30.9 Å². The molecule has 0 aliphatic carbocycles. The molecule has 1 N–H and O–H groups in total. The molecule has 0 aromatic rings. The molecule has 1 heterocycles. The van der Waals surface area contributed by atoms with E-state index in [2.05, 4.69) is 0 Å². The van der Waals surface area contributed by atoms with Crippen LogP contribution < -0.4 is 0 Å². The van der Waals surface area contributed by atoms with Gasteiger partial charge in [0.05, 0.1) is 12.7 Å². The van der Waals surface area contributed by atoms with E-state index in [0.29, 0.717) is 6.61 Å². The van der Waals surface area contributed by atoms with E-state index in [4.69, 9.17) is 10.8 Å². The predicted octanol–water partition coefficient (Wildman–Crippen LogP) is 1.45. The first kappa shape index (κ1) is 13.5. The van der Waals surface area contributed by atoms with Gasteiger partial charge in [-0.2, -0.15) is 6.61 Å². The first-order valence-corrected chi connectivity index (χ1v) is 4.65. The number of rotatable bonds is 4. The second kappa shape index (κ2) is 8.55. The van der Waals surface area contributed by atoms with Crippen LogP contribution in [0.15, 0.2) is 24.3 Å². The largest absolute Gasteiger partial charge is 0.545 e. The topological polar surface area (TPSA) is 38.7 Å². The molecule has 15 heavy (non-hydrogen) atoms. The molecule has 3 nitrogen and oxygen atoms in total. The van der Waals surface area contributed by atoms with Crippen LogP contribution in [0, 0.1) is 37.7 Å². The van der Waals surface area contributed by atoms with E-state index < -0.39 is 18.3 Å². The Labute approximate surface area is 116 Å². The van der Waals surface area contributed by atoms with Crippen molar-refractivity contribution >= 4 is 0 Å². The Balaban J connectivity index is 0.00000225. The van der Waals surface area contributed by atoms with Gasteiger partial charge < -0.3 is 14.6 Å². The molecule has 1 aliphatic rings. The van der Waals surface area contributed by atoms with Gasteiger partial charge in [0.2, 0.25) is 0 Å². The van der Waals surface area contributed by atoms with E-state index in [-0.39, 0.29) is 38.0 Å². The Hall–Kier alpha value is 0.412. The second-order valence-electron chi connectivity index (χ2n) is 3.05. The normalized spacial score (nSPS) is 32.1. The molecule has 1 fully saturated rings. The minimum absolute atomic E-state index is 0. The molecule has 0 spiro atoms. The van der Waals surface area contributed by atoms with Gasteiger partial charge in [0.25, 0.3) is 0 Å². The fraction of sp³-hybridized carbons (Fsp3) is 0.545. The SMILES string of the molecule is [3H]C[C@H]1O[CH-]C(OC/C=C/C=C/C)[C@H]1O.[U]. The van der Waals surface area contributed by atoms with E-state index in [0.717, 1.165) is 0 Å². The minimum atomic E-state index is -0.724. The Kier molecular flexibility index (Phi) is 7.68. The van der Waals surface area contributed by atoms with E-state index in [9.17, 15) is 5.11 Å². The van der Waals surface area contributed by atoms with E-state index in [1.165, 1.54) is 6.61 Å². The summed E-state index contributed by atoms with van der Waals surface area (Å²) in [5, 5.41) is 9.61. The average Bonchev–Trinajstić information content (AvgIpc) is 2.60. The smallest absolute Gasteiger partial charge is 0.0771 e. The van der Waals surface area contributed by atoms with Crippen LogP contribution in [0.4, 0.5) is 0 Å². The molecule has 0 aromatic heterocycles. The Morgan fingerprint density at radius 1 is 1.60 bits per heavy atom. The van der Waals surface area contributed by atoms with Crippen LogP contribution >= 0.6 is 0 Å². The molecule has 4 heteroatoms. The van der Waals surface area contributed by atoms with Gasteiger partial charge in [0.1, 0.15) is 0 Å². The number of aliphatic hydroxyl groups is 1. The number of hydrogen-bond donors (Lipinski definition) is 1. The third-order valence-electron chi connectivity index (χ3n) is 1.93. The third-order valence-corrected chi connectivity index (χ3v) is 1.93. The maximum absolute atomic E-state index is 9.61. The summed E-state index contributed by atoms with van der Waals surface area (Å²) in [4.78, 5) is 0. The van der Waals surface area contributed by atoms with Crippen molar-refractivity contribution < 1.29 is 47.1 Å². The van der Waals surface area contributed by atoms with Crippen LogP contribution in [0.5, 0.6) is 0 Å². The Morgan fingerprint density at radius 3 is 3.00 bits per heavy atom. The maximum atomic E-state index is 9.61. The van der Waals surface area contributed by atoms with Gasteiger partial charge >= 0.3 is 0 Å². The summed E-state index contributed by atoms with van der Waals surface area (Å²) in [6.07, 6.45) is 5.97. The van der Waals surface area contributed by atoms with Crippen LogP contribution in [0.25, 0.3) is 0 Å². The van der Waals surface area contributed by atoms with Crippen LogP contribution in [-0.4, -0.2) is 30.0 Å². The van der Waals surface area contributed by atoms with Gasteiger partial charge in [0.15, 0.2) is 0 Å². The monoisotopic (exact) mass is 437 g/mol. The zero-order chi connectivity index (χ0) is 11.1. The van der Waals surface area contributed by atoms with Crippen molar-refractivity contribution in [2.24, 2.45) is 0 Å². The second-order valence-corrected chi connectivity index (χ2v) is 3.05. The standard InChI is InChI=1S/C11H17O3.U/c1-3-4-5-6-7-13-10-8-14-9(2)11(10)12;/h3-6,8-12H,7H2,1-2H3;/q-1;/b4-3+,6-5+;/t9-,10?,11+;/m1./s1/i2T;. The first-order chi connectivity index (χ1) is 7.29. The number of aliphatic hydroxyl groups excluding tert-OH is 1. The number of ether oxygens (including phenoxy) is 2. The number of hydrogen-bond acceptors (Lipinski definition) is 3. The summed E-state index contributed by atoms with van der Waals surface area (Å²) < 4.78 is 17.5. The van der Waals surface area contributed by atoms with Gasteiger partial charge in [-0.3, -0.25) is 0 Å². The minimum Gasteiger partial charge on any atom is -0.545 e. The van der Waals surface area contributed by atoms with Crippen LogP contribution in [0.1, 0.15) is 15.2 Å². The number of allylic oxidation sites excluding steroid dienone is 3. The molecule has 0 aromatic carbocycles. The average molecular weight is 437 g/mol. The van der Waals surface area contributed by atoms with Crippen LogP contribution in [-0.2, 0) is 9.47 Å². The molecule has 1 unspecified atom stereocenters. The van der Waals surface area contributed by atoms with Crippen molar-refractivity contribution in [1.82, 2.24) is 0 Å². The molecule has 1 saturated heterocycles. The quantitative estimate of drug-likeness (QED) is 0.535. The van der Waals surface area contributed by atoms with Gasteiger partial charge in [-0.05, 0) is 19.9 Å². The van der Waals surface area contributed by atoms with Crippen LogP contribution in [0.3, 0.4) is 0 Å². The van der Waals surface area contributed by atoms with Crippen molar-refractivity contribution in [1.29, 1.82) is 0 Å². The molecule has 1 rings (SSSR count). The molecule has 0 bridgehead atoms. The Morgan fingerprint density at radius 2 is 2.40 bits per heavy atom. The molecule has 84 valence electrons. The zero-order valence-electron chi connectivity index (χ0n) is 9.80. The third kappa shape index (κ3) is 5.33. The van der Waals surface area contributed by atoms with Crippen LogP contribution in [0.2, 0.25) is 0 Å². The fourth-order valence-electron chi connectivity index (χ4n) is 1.10. The van der Waals surface area contributed by atoms with Crippen molar-refractivity contribution in [3.63, 3.8) is 0 Å². The Bertz CT molecular complexity index is 233. The van der Waals surface area contributed by atoms with Gasteiger partial charge in [-0.15, -0.1) is 0 Å². The zero-order valence-corrected chi connectivity index (χ0v) is 13.0. The van der Waals surface area contributed by atoms with E-state index >= 15 is 0 Å². The molecule has 0 saturated carbocycles. The predicted molar refractivity (Wildman–Crippen MR) is 54.5 cm³/mol. The summed E-state index contributed by atoms with van der Waals surface area (Å²) in [6, 6.07) is 0. The van der Waals surface area contributed by atoms with Crippen molar-refractivity contribution in [2.45, 2.75) is 32.1 Å². The molecule has 0 radical (unpaired) electrons. The molecule has 1 aliphatic heterocycles. The van der Waals surface area contributed by atoms with Gasteiger partial charge in [-0.25, -0.2) is 0 Å². The first-order valence-electron chi connectivity index (χ1n) is 5.35. The van der Waals surface area contributed by atoms with E-state index in [1.54, 1.807) is 0 Å². The van der Waals surface area contributed by atoms with E-state index in [1.807, 2.05) is 31.2 Å². The van der Waals surface area contributed by atoms with Crippen molar-refractivity contribution in [2.75, 3.05) is 6.61 Å². The van der Waals surface area contributed by atoms with Crippen molar-refractivity contribution in [3.8, 4) is 0 Å². The summed E-state index contributed by atoms with van der Waals surface area (Å²) >= 11 is 0. The summed E-state index contributed by atoms with van der Waals surface area (Å²) in [6.45, 7) is 3.88. The summed E-state index contributed by atoms with van der Waals surface area (Å²) in [7, 11) is 0. The maximum Gasteiger partial charge on any atom is 0.0771 e. The fourth-order valence-corrected chi connectivity index (χ4v) is 1.10. The summed E-state index contributed by atoms with van der Waals surface area (Å²) in [5.41, 5.74) is 0. The molecular weight excluding hydrogens is 418 g/mol. The molecular formula is C11H17O3U-. The van der Waals surface area contributed by atoms with Gasteiger partial charge in [-0.1, -0.05) is 24.3 Å². The molecule has 0 amide bonds. The van der Waals surface area contributed by atoms with Gasteiger partial charge in [0, 0.05) is 38.6 Å². The summed E-state index contributed by atoms with van der Waals surface area (Å²) in [5.74, 6) is 0.